The van der Waals surface area contributed by atoms with Crippen LogP contribution in [0.3, 0.4) is 0 Å². The van der Waals surface area contributed by atoms with Gasteiger partial charge in [-0.25, -0.2) is 0 Å². The van der Waals surface area contributed by atoms with Crippen molar-refractivity contribution in [3.05, 3.63) is 461 Å². The maximum absolute atomic E-state index is 2.44. The minimum absolute atomic E-state index is 1.20. The number of aromatic nitrogens is 4. The van der Waals surface area contributed by atoms with Crippen molar-refractivity contribution in [2.24, 2.45) is 0 Å². The molecular formula is C128H76N4S8. The van der Waals surface area contributed by atoms with E-state index in [2.05, 4.69) is 479 Å². The molecule has 4 nitrogen and oxygen atoms in total. The fourth-order valence-electron chi connectivity index (χ4n) is 21.8. The Labute approximate surface area is 835 Å². The molecule has 12 heterocycles. The first-order valence-corrected chi connectivity index (χ1v) is 53.7. The first kappa shape index (κ1) is 81.5. The molecule has 0 amide bonds. The molecule has 20 aromatic carbocycles. The summed E-state index contributed by atoms with van der Waals surface area (Å²) in [6, 6.07) is 168. The molecule has 12 heteroatoms. The highest BCUT2D eigenvalue weighted by molar-refractivity contribution is 7.29. The van der Waals surface area contributed by atoms with Crippen LogP contribution in [0, 0.1) is 0 Å². The first-order chi connectivity index (χ1) is 69.4. The lowest BCUT2D eigenvalue weighted by molar-refractivity contribution is 1.19. The summed E-state index contributed by atoms with van der Waals surface area (Å²) in [7, 11) is 0. The monoisotopic (exact) mass is 1920 g/mol. The van der Waals surface area contributed by atoms with Gasteiger partial charge in [0.05, 0.1) is 62.9 Å². The van der Waals surface area contributed by atoms with Gasteiger partial charge in [0.1, 0.15) is 0 Å². The van der Waals surface area contributed by atoms with Crippen molar-refractivity contribution in [2.75, 3.05) is 0 Å². The molecular weight excluding hydrogens is 1850 g/mol. The molecule has 32 aromatic rings. The van der Waals surface area contributed by atoms with Gasteiger partial charge in [-0.3, -0.25) is 0 Å². The summed E-state index contributed by atoms with van der Waals surface area (Å²) in [5, 5.41) is 21.3. The summed E-state index contributed by atoms with van der Waals surface area (Å²) in [5.41, 5.74) is 25.3. The van der Waals surface area contributed by atoms with E-state index in [0.717, 1.165) is 0 Å². The second kappa shape index (κ2) is 33.0. The molecule has 0 spiro atoms. The largest absolute Gasteiger partial charge is 0.308 e. The Morgan fingerprint density at radius 1 is 0.129 bits per heavy atom. The van der Waals surface area contributed by atoms with Crippen LogP contribution in [0.1, 0.15) is 0 Å². The van der Waals surface area contributed by atoms with Crippen LogP contribution in [0.5, 0.6) is 0 Å². The molecule has 0 fully saturated rings. The normalized spacial score (nSPS) is 12.0. The fourth-order valence-corrected chi connectivity index (χ4v) is 31.2. The van der Waals surface area contributed by atoms with E-state index >= 15 is 0 Å². The van der Waals surface area contributed by atoms with Crippen LogP contribution in [0.2, 0.25) is 0 Å². The van der Waals surface area contributed by atoms with Gasteiger partial charge in [0.25, 0.3) is 0 Å². The lowest BCUT2D eigenvalue weighted by atomic mass is 9.98. The van der Waals surface area contributed by atoms with Crippen molar-refractivity contribution in [3.63, 3.8) is 0 Å². The maximum Gasteiger partial charge on any atom is 0.0727 e. The van der Waals surface area contributed by atoms with Crippen molar-refractivity contribution >= 4 is 296 Å². The molecule has 0 N–H and O–H groups in total. The Kier molecular flexibility index (Phi) is 19.2. The van der Waals surface area contributed by atoms with E-state index in [1.54, 1.807) is 0 Å². The fraction of sp³-hybridized carbons (Fsp3) is 0. The van der Waals surface area contributed by atoms with E-state index in [9.17, 15) is 0 Å². The van der Waals surface area contributed by atoms with Crippen LogP contribution >= 0.6 is 90.7 Å². The molecule has 0 unspecified atom stereocenters. The third-order valence-electron chi connectivity index (χ3n) is 28.0. The van der Waals surface area contributed by atoms with Crippen LogP contribution in [-0.4, -0.2) is 18.3 Å². The predicted octanol–water partition coefficient (Wildman–Crippen LogP) is 40.1. The molecule has 656 valence electrons. The van der Waals surface area contributed by atoms with Crippen LogP contribution in [-0.2, 0) is 0 Å². The van der Waals surface area contributed by atoms with Gasteiger partial charge in [-0.2, -0.15) is 0 Å². The molecule has 0 atom stereocenters. The third-order valence-corrected chi connectivity index (χ3v) is 37.4. The van der Waals surface area contributed by atoms with Crippen molar-refractivity contribution in [3.8, 4) is 67.3 Å². The number of hydrogen-bond donors (Lipinski definition) is 0. The van der Waals surface area contributed by atoms with Gasteiger partial charge in [0, 0.05) is 165 Å². The van der Waals surface area contributed by atoms with E-state index in [1.807, 2.05) is 90.7 Å². The minimum Gasteiger partial charge on any atom is -0.308 e. The van der Waals surface area contributed by atoms with Gasteiger partial charge in [-0.05, 0) is 214 Å². The highest BCUT2D eigenvalue weighted by atomic mass is 32.1. The van der Waals surface area contributed by atoms with Crippen molar-refractivity contribution in [1.29, 1.82) is 0 Å². The van der Waals surface area contributed by atoms with E-state index in [0.29, 0.717) is 0 Å². The number of rotatable bonds is 8. The molecule has 0 saturated heterocycles. The van der Waals surface area contributed by atoms with Crippen LogP contribution in [0.25, 0.3) is 273 Å². The Hall–Kier alpha value is -15.7. The van der Waals surface area contributed by atoms with Crippen molar-refractivity contribution in [1.82, 2.24) is 18.3 Å². The molecule has 12 aromatic heterocycles. The van der Waals surface area contributed by atoms with E-state index in [4.69, 9.17) is 0 Å². The molecule has 0 radical (unpaired) electrons. The van der Waals surface area contributed by atoms with Gasteiger partial charge in [0.2, 0.25) is 0 Å². The first-order valence-electron chi connectivity index (χ1n) is 47.1. The second-order valence-electron chi connectivity index (χ2n) is 35.9. The highest BCUT2D eigenvalue weighted by Crippen LogP contribution is 2.52. The van der Waals surface area contributed by atoms with E-state index in [1.165, 1.54) is 273 Å². The molecule has 0 saturated carbocycles. The maximum atomic E-state index is 2.44. The number of benzene rings is 20. The summed E-state index contributed by atoms with van der Waals surface area (Å²) in [6.45, 7) is 0. The smallest absolute Gasteiger partial charge is 0.0727 e. The zero-order valence-corrected chi connectivity index (χ0v) is 81.5. The SMILES string of the molecule is c1ccc(-n2c3ccccc3c3sc4ccc(-c5ccc6c(c5)sc5ccccc56)cc4c32)cc1.c1ccc(-n2c3ccccc3c3sc4ccc(-c5ccc6sc7ccccc7c6c5)cc4c32)cc1.c1ccc(-n2c3ccccc3c3sc4ccc(-c5cccc6c5sc5ccccc56)cc4c32)cc1.c1ccc(-n2c3ccccc3c3sc4ccc(-c5cccc6sc7ccccc7c56)cc4c32)cc1. The quantitative estimate of drug-likeness (QED) is 0.144. The molecule has 0 bridgehead atoms. The Bertz CT molecular complexity index is 10600. The minimum atomic E-state index is 1.20. The van der Waals surface area contributed by atoms with E-state index in [-0.39, 0.29) is 0 Å². The molecule has 0 aliphatic rings. The van der Waals surface area contributed by atoms with Gasteiger partial charge in [-0.15, -0.1) is 90.7 Å². The number of nitrogens with zero attached hydrogens (tertiary/aromatic N) is 4. The molecule has 0 aliphatic carbocycles. The predicted molar refractivity (Wildman–Crippen MR) is 618 cm³/mol. The van der Waals surface area contributed by atoms with Crippen LogP contribution < -0.4 is 0 Å². The third kappa shape index (κ3) is 13.1. The van der Waals surface area contributed by atoms with Crippen molar-refractivity contribution < 1.29 is 0 Å². The Morgan fingerprint density at radius 2 is 0.379 bits per heavy atom. The summed E-state index contributed by atoms with van der Waals surface area (Å²) < 4.78 is 31.3. The number of para-hydroxylation sites is 8. The number of hydrogen-bond acceptors (Lipinski definition) is 8. The molecule has 140 heavy (non-hydrogen) atoms. The summed E-state index contributed by atoms with van der Waals surface area (Å²) in [5.74, 6) is 0. The number of thiophene rings is 8. The molecule has 0 aliphatic heterocycles. The second-order valence-corrected chi connectivity index (χ2v) is 44.4. The lowest BCUT2D eigenvalue weighted by Crippen LogP contribution is -1.92. The zero-order valence-electron chi connectivity index (χ0n) is 74.9. The Morgan fingerprint density at radius 3 is 0.807 bits per heavy atom. The van der Waals surface area contributed by atoms with Crippen molar-refractivity contribution in [2.45, 2.75) is 0 Å². The highest BCUT2D eigenvalue weighted by Gasteiger charge is 2.26. The summed E-state index contributed by atoms with van der Waals surface area (Å²) in [4.78, 5) is 0. The van der Waals surface area contributed by atoms with Gasteiger partial charge < -0.3 is 18.3 Å². The van der Waals surface area contributed by atoms with Crippen LogP contribution in [0.4, 0.5) is 0 Å². The summed E-state index contributed by atoms with van der Waals surface area (Å²) >= 11 is 15.1. The Balaban J connectivity index is 0.0000000896. The standard InChI is InChI=1S/4C32H19NS2/c1-2-9-21(10-3-1)33-27-15-6-4-12-25(27)32-30(33)26-19-20(17-18-29(26)35-32)22-13-8-14-24-23-11-5-7-16-28(23)34-31(22)24;1-2-9-21(10-3-1)33-26-14-6-4-11-23(26)32-31(33)25-19-20(17-18-28(25)35-32)22-13-8-16-29-30(22)24-12-5-7-15-27(24)34-29;1-2-8-22(9-3-1)33-27-12-6-4-11-25(27)32-31(33)26-18-20(15-17-29(26)35-32)21-14-16-24-23-10-5-7-13-28(23)34-30(24)19-21;1-2-8-22(9-3-1)33-27-12-6-4-11-24(27)32-31(33)26-19-21(15-17-30(26)35-32)20-14-16-29-25(18-20)23-10-5-7-13-28(23)34-29/h4*1-19H. The number of fused-ring (bicyclic) bond motifs is 32. The summed E-state index contributed by atoms with van der Waals surface area (Å²) in [6.07, 6.45) is 0. The van der Waals surface area contributed by atoms with E-state index < -0.39 is 0 Å². The average Bonchev–Trinajstić information content (AvgIpc) is 1.57. The topological polar surface area (TPSA) is 19.7 Å². The van der Waals surface area contributed by atoms with Gasteiger partial charge >= 0.3 is 0 Å². The van der Waals surface area contributed by atoms with Gasteiger partial charge in [0.15, 0.2) is 0 Å². The zero-order chi connectivity index (χ0) is 91.7. The van der Waals surface area contributed by atoms with Crippen LogP contribution in [0.15, 0.2) is 461 Å². The van der Waals surface area contributed by atoms with Gasteiger partial charge in [-0.1, -0.05) is 291 Å². The lowest BCUT2D eigenvalue weighted by Gasteiger charge is -2.09. The average molecular weight is 1930 g/mol. The molecule has 32 rings (SSSR count).